The number of benzene rings is 1. The number of hydrogen-bond donors (Lipinski definition) is 3. The second-order valence-corrected chi connectivity index (χ2v) is 7.05. The molecular weight excluding hydrogens is 368 g/mol. The van der Waals surface area contributed by atoms with Crippen LogP contribution in [0.5, 0.6) is 5.75 Å². The highest BCUT2D eigenvalue weighted by Crippen LogP contribution is 2.36. The molecular formula is C18H28N4O6. The largest absolute Gasteiger partial charge is 0.491 e. The monoisotopic (exact) mass is 396 g/mol. The molecule has 0 fully saturated rings. The molecule has 1 rings (SSSR count). The van der Waals surface area contributed by atoms with E-state index in [4.69, 9.17) is 15.2 Å². The maximum absolute atomic E-state index is 11.6. The van der Waals surface area contributed by atoms with Crippen LogP contribution in [0.25, 0.3) is 0 Å². The zero-order chi connectivity index (χ0) is 21.3. The molecule has 0 aliphatic rings. The second kappa shape index (κ2) is 10.3. The number of nitrogens with two attached hydrogens (primary N) is 1. The Labute approximate surface area is 163 Å². The van der Waals surface area contributed by atoms with Gasteiger partial charge in [-0.15, -0.1) is 0 Å². The van der Waals surface area contributed by atoms with Gasteiger partial charge >= 0.3 is 6.09 Å². The fourth-order valence-corrected chi connectivity index (χ4v) is 2.19. The number of nitrogens with one attached hydrogen (secondary N) is 2. The van der Waals surface area contributed by atoms with Gasteiger partial charge in [0.05, 0.1) is 11.5 Å². The van der Waals surface area contributed by atoms with Gasteiger partial charge in [0.15, 0.2) is 5.69 Å². The van der Waals surface area contributed by atoms with Crippen molar-refractivity contribution in [3.8, 4) is 5.75 Å². The first-order valence-corrected chi connectivity index (χ1v) is 9.01. The van der Waals surface area contributed by atoms with E-state index in [1.165, 1.54) is 6.07 Å². The summed E-state index contributed by atoms with van der Waals surface area (Å²) >= 11 is 0. The van der Waals surface area contributed by atoms with Gasteiger partial charge in [-0.3, -0.25) is 14.9 Å². The fourth-order valence-electron chi connectivity index (χ4n) is 2.19. The third-order valence-electron chi connectivity index (χ3n) is 3.36. The molecule has 0 atom stereocenters. The maximum Gasteiger partial charge on any atom is 0.407 e. The van der Waals surface area contributed by atoms with E-state index in [-0.39, 0.29) is 29.3 Å². The Balaban J connectivity index is 2.80. The van der Waals surface area contributed by atoms with Crippen LogP contribution in [0.1, 0.15) is 50.9 Å². The van der Waals surface area contributed by atoms with Crippen LogP contribution in [-0.4, -0.2) is 42.2 Å². The first-order chi connectivity index (χ1) is 13.0. The highest BCUT2D eigenvalue weighted by atomic mass is 16.6. The van der Waals surface area contributed by atoms with E-state index in [1.807, 2.05) is 6.92 Å². The number of nitrogens with zero attached hydrogens (tertiary/aromatic N) is 1. The number of rotatable bonds is 10. The summed E-state index contributed by atoms with van der Waals surface area (Å²) in [5, 5.41) is 16.9. The maximum atomic E-state index is 11.6. The van der Waals surface area contributed by atoms with Crippen molar-refractivity contribution in [2.75, 3.05) is 25.0 Å². The van der Waals surface area contributed by atoms with Crippen molar-refractivity contribution in [2.24, 2.45) is 5.73 Å². The number of nitro benzene ring substituents is 1. The molecule has 10 heteroatoms. The van der Waals surface area contributed by atoms with Crippen LogP contribution >= 0.6 is 0 Å². The topological polar surface area (TPSA) is 146 Å². The van der Waals surface area contributed by atoms with Crippen molar-refractivity contribution in [1.82, 2.24) is 5.32 Å². The Morgan fingerprint density at radius 2 is 1.93 bits per heavy atom. The molecule has 0 spiro atoms. The van der Waals surface area contributed by atoms with Crippen molar-refractivity contribution in [1.29, 1.82) is 0 Å². The third kappa shape index (κ3) is 7.68. The summed E-state index contributed by atoms with van der Waals surface area (Å²) in [5.74, 6) is -0.629. The predicted molar refractivity (Wildman–Crippen MR) is 105 cm³/mol. The van der Waals surface area contributed by atoms with E-state index >= 15 is 0 Å². The average Bonchev–Trinajstić information content (AvgIpc) is 2.57. The van der Waals surface area contributed by atoms with E-state index < -0.39 is 22.5 Å². The molecule has 1 aromatic rings. The van der Waals surface area contributed by atoms with E-state index in [0.29, 0.717) is 19.5 Å². The second-order valence-electron chi connectivity index (χ2n) is 7.05. The highest BCUT2D eigenvalue weighted by molar-refractivity contribution is 5.95. The summed E-state index contributed by atoms with van der Waals surface area (Å²) in [6.45, 7) is 8.16. The van der Waals surface area contributed by atoms with Gasteiger partial charge in [-0.1, -0.05) is 6.92 Å². The van der Waals surface area contributed by atoms with Crippen molar-refractivity contribution < 1.29 is 24.0 Å². The molecule has 0 radical (unpaired) electrons. The summed E-state index contributed by atoms with van der Waals surface area (Å²) in [7, 11) is 0. The van der Waals surface area contributed by atoms with Gasteiger partial charge in [0.1, 0.15) is 11.4 Å². The van der Waals surface area contributed by atoms with Crippen molar-refractivity contribution in [3.05, 3.63) is 27.8 Å². The molecule has 156 valence electrons. The lowest BCUT2D eigenvalue weighted by Gasteiger charge is -2.19. The standard InChI is InChI=1S/C18H28N4O6/c1-5-7-20-15-13(22(25)26)10-12(16(19)23)11-14(15)27-9-6-8-21-17(24)28-18(2,3)4/h10-11,20H,5-9H2,1-4H3,(H2,19,23)(H,21,24). The number of primary amides is 1. The summed E-state index contributed by atoms with van der Waals surface area (Å²) < 4.78 is 10.8. The molecule has 0 saturated heterocycles. The van der Waals surface area contributed by atoms with Gasteiger partial charge in [0.25, 0.3) is 5.69 Å². The Hall–Kier alpha value is -3.04. The fraction of sp³-hybridized carbons (Fsp3) is 0.556. The Morgan fingerprint density at radius 3 is 2.46 bits per heavy atom. The zero-order valence-corrected chi connectivity index (χ0v) is 16.7. The van der Waals surface area contributed by atoms with Crippen molar-refractivity contribution in [2.45, 2.75) is 46.1 Å². The molecule has 0 aliphatic heterocycles. The number of ether oxygens (including phenoxy) is 2. The van der Waals surface area contributed by atoms with Crippen LogP contribution in [0.4, 0.5) is 16.2 Å². The smallest absolute Gasteiger partial charge is 0.407 e. The average molecular weight is 396 g/mol. The molecule has 0 aliphatic carbocycles. The molecule has 0 bridgehead atoms. The van der Waals surface area contributed by atoms with Crippen molar-refractivity contribution >= 4 is 23.4 Å². The Bertz CT molecular complexity index is 715. The molecule has 0 heterocycles. The molecule has 1 aromatic carbocycles. The summed E-state index contributed by atoms with van der Waals surface area (Å²) in [6, 6.07) is 2.49. The number of carbonyl (C=O) groups excluding carboxylic acids is 2. The van der Waals surface area contributed by atoms with Crippen LogP contribution in [0.15, 0.2) is 12.1 Å². The number of alkyl carbamates (subject to hydrolysis) is 1. The van der Waals surface area contributed by atoms with Crippen LogP contribution in [0, 0.1) is 10.1 Å². The van der Waals surface area contributed by atoms with E-state index in [9.17, 15) is 19.7 Å². The van der Waals surface area contributed by atoms with Gasteiger partial charge in [-0.05, 0) is 39.7 Å². The van der Waals surface area contributed by atoms with Gasteiger partial charge in [-0.2, -0.15) is 0 Å². The molecule has 28 heavy (non-hydrogen) atoms. The summed E-state index contributed by atoms with van der Waals surface area (Å²) in [5.41, 5.74) is 4.56. The Morgan fingerprint density at radius 1 is 1.25 bits per heavy atom. The highest BCUT2D eigenvalue weighted by Gasteiger charge is 2.22. The number of carbonyl (C=O) groups is 2. The molecule has 0 unspecified atom stereocenters. The first kappa shape index (κ1) is 23.0. The lowest BCUT2D eigenvalue weighted by atomic mass is 10.1. The van der Waals surface area contributed by atoms with Crippen LogP contribution in [0.3, 0.4) is 0 Å². The van der Waals surface area contributed by atoms with Gasteiger partial charge in [0.2, 0.25) is 5.91 Å². The van der Waals surface area contributed by atoms with Gasteiger partial charge in [0, 0.05) is 24.7 Å². The zero-order valence-electron chi connectivity index (χ0n) is 16.7. The minimum absolute atomic E-state index is 0.0179. The number of anilines is 1. The van der Waals surface area contributed by atoms with E-state index in [0.717, 1.165) is 12.5 Å². The normalized spacial score (nSPS) is 10.9. The minimum Gasteiger partial charge on any atom is -0.491 e. The molecule has 0 aromatic heterocycles. The summed E-state index contributed by atoms with van der Waals surface area (Å²) in [6.07, 6.45) is 0.638. The lowest BCUT2D eigenvalue weighted by Crippen LogP contribution is -2.33. The van der Waals surface area contributed by atoms with Crippen LogP contribution in [-0.2, 0) is 4.74 Å². The Kier molecular flexibility index (Phi) is 8.49. The SMILES string of the molecule is CCCNc1c(OCCCNC(=O)OC(C)(C)C)cc(C(N)=O)cc1[N+](=O)[O-]. The first-order valence-electron chi connectivity index (χ1n) is 9.01. The van der Waals surface area contributed by atoms with E-state index in [1.54, 1.807) is 20.8 Å². The quantitative estimate of drug-likeness (QED) is 0.313. The summed E-state index contributed by atoms with van der Waals surface area (Å²) in [4.78, 5) is 33.9. The molecule has 2 amide bonds. The minimum atomic E-state index is -0.790. The van der Waals surface area contributed by atoms with Crippen LogP contribution < -0.4 is 21.1 Å². The molecule has 10 nitrogen and oxygen atoms in total. The lowest BCUT2D eigenvalue weighted by molar-refractivity contribution is -0.384. The number of amides is 2. The van der Waals surface area contributed by atoms with Crippen LogP contribution in [0.2, 0.25) is 0 Å². The van der Waals surface area contributed by atoms with Gasteiger partial charge < -0.3 is 25.8 Å². The molecule has 0 saturated carbocycles. The predicted octanol–water partition coefficient (Wildman–Crippen LogP) is 2.81. The van der Waals surface area contributed by atoms with Crippen molar-refractivity contribution in [3.63, 3.8) is 0 Å². The molecule has 4 N–H and O–H groups in total. The number of hydrogen-bond acceptors (Lipinski definition) is 7. The van der Waals surface area contributed by atoms with Gasteiger partial charge in [-0.25, -0.2) is 4.79 Å². The number of nitro groups is 1. The van der Waals surface area contributed by atoms with E-state index in [2.05, 4.69) is 10.6 Å². The third-order valence-corrected chi connectivity index (χ3v) is 3.36.